The Hall–Kier alpha value is -0.470. The van der Waals surface area contributed by atoms with Crippen LogP contribution >= 0.6 is 11.3 Å². The summed E-state index contributed by atoms with van der Waals surface area (Å²) >= 11 is 1.63. The molecule has 0 amide bonds. The molecule has 0 atom stereocenters. The molecule has 1 heterocycles. The maximum atomic E-state index is 11.7. The van der Waals surface area contributed by atoms with Gasteiger partial charge in [0, 0.05) is 25.0 Å². The van der Waals surface area contributed by atoms with E-state index >= 15 is 0 Å². The molecule has 98 valence electrons. The largest absolute Gasteiger partial charge is 0.330 e. The van der Waals surface area contributed by atoms with Gasteiger partial charge in [-0.25, -0.2) is 4.72 Å². The molecule has 0 fully saturated rings. The molecule has 0 aliphatic carbocycles. The number of hydrogen-bond donors (Lipinski definition) is 2. The summed E-state index contributed by atoms with van der Waals surface area (Å²) in [6, 6.07) is 3.96. The first-order chi connectivity index (χ1) is 8.06. The average molecular weight is 277 g/mol. The molecule has 0 aromatic carbocycles. The quantitative estimate of drug-likeness (QED) is 0.722. The highest BCUT2D eigenvalue weighted by molar-refractivity contribution is 7.87. The summed E-state index contributed by atoms with van der Waals surface area (Å²) < 4.78 is 27.4. The number of nitrogens with two attached hydrogens (primary N) is 1. The summed E-state index contributed by atoms with van der Waals surface area (Å²) in [6.45, 7) is 1.37. The predicted molar refractivity (Wildman–Crippen MR) is 71.2 cm³/mol. The van der Waals surface area contributed by atoms with Crippen LogP contribution in [-0.2, 0) is 16.6 Å². The molecule has 3 N–H and O–H groups in total. The van der Waals surface area contributed by atoms with Gasteiger partial charge in [-0.1, -0.05) is 6.07 Å². The van der Waals surface area contributed by atoms with Crippen molar-refractivity contribution in [3.63, 3.8) is 0 Å². The third-order valence-electron chi connectivity index (χ3n) is 2.32. The van der Waals surface area contributed by atoms with Gasteiger partial charge in [0.15, 0.2) is 0 Å². The van der Waals surface area contributed by atoms with E-state index in [1.807, 2.05) is 17.5 Å². The summed E-state index contributed by atoms with van der Waals surface area (Å²) in [5.74, 6) is 0. The fourth-order valence-electron chi connectivity index (χ4n) is 1.30. The zero-order chi connectivity index (χ0) is 12.7. The van der Waals surface area contributed by atoms with Gasteiger partial charge in [-0.05, 0) is 30.8 Å². The fourth-order valence-corrected chi connectivity index (χ4v) is 2.96. The van der Waals surface area contributed by atoms with Crippen molar-refractivity contribution >= 4 is 21.5 Å². The molecule has 0 aliphatic heterocycles. The van der Waals surface area contributed by atoms with Gasteiger partial charge in [0.25, 0.3) is 10.2 Å². The van der Waals surface area contributed by atoms with Crippen molar-refractivity contribution in [3.8, 4) is 0 Å². The van der Waals surface area contributed by atoms with E-state index in [2.05, 4.69) is 4.72 Å². The van der Waals surface area contributed by atoms with Crippen LogP contribution in [0.4, 0.5) is 0 Å². The van der Waals surface area contributed by atoms with Crippen LogP contribution in [0.15, 0.2) is 17.5 Å². The Bertz CT molecular complexity index is 403. The van der Waals surface area contributed by atoms with Crippen LogP contribution in [-0.4, -0.2) is 39.4 Å². The zero-order valence-corrected chi connectivity index (χ0v) is 11.6. The molecule has 0 bridgehead atoms. The highest BCUT2D eigenvalue weighted by Gasteiger charge is 2.15. The molecule has 1 rings (SSSR count). The molecule has 1 aromatic rings. The Balaban J connectivity index is 2.33. The van der Waals surface area contributed by atoms with Gasteiger partial charge >= 0.3 is 0 Å². The van der Waals surface area contributed by atoms with Crippen molar-refractivity contribution < 1.29 is 8.42 Å². The van der Waals surface area contributed by atoms with Gasteiger partial charge < -0.3 is 5.73 Å². The number of hydrogen-bond acceptors (Lipinski definition) is 4. The van der Waals surface area contributed by atoms with Crippen LogP contribution in [0.25, 0.3) is 0 Å². The summed E-state index contributed by atoms with van der Waals surface area (Å²) in [5, 5.41) is 1.98. The van der Waals surface area contributed by atoms with Crippen LogP contribution < -0.4 is 10.5 Å². The van der Waals surface area contributed by atoms with Gasteiger partial charge in [-0.15, -0.1) is 11.3 Å². The standard InChI is InChI=1S/C10H19N3O2S2/c1-13(8-3-6-11)17(14,15)12-7-5-10-4-2-9-16-10/h2,4,9,12H,3,5-8,11H2,1H3. The number of rotatable bonds is 8. The maximum Gasteiger partial charge on any atom is 0.279 e. The van der Waals surface area contributed by atoms with Gasteiger partial charge in [-0.3, -0.25) is 0 Å². The molecule has 0 saturated carbocycles. The first-order valence-electron chi connectivity index (χ1n) is 5.49. The van der Waals surface area contributed by atoms with Gasteiger partial charge in [0.05, 0.1) is 0 Å². The van der Waals surface area contributed by atoms with Gasteiger partial charge in [0.1, 0.15) is 0 Å². The second-order valence-electron chi connectivity index (χ2n) is 3.69. The summed E-state index contributed by atoms with van der Waals surface area (Å²) in [4.78, 5) is 1.18. The molecule has 0 aliphatic rings. The van der Waals surface area contributed by atoms with Crippen LogP contribution in [0.1, 0.15) is 11.3 Å². The average Bonchev–Trinajstić information content (AvgIpc) is 2.78. The summed E-state index contributed by atoms with van der Waals surface area (Å²) in [5.41, 5.74) is 5.34. The molecule has 1 aromatic heterocycles. The lowest BCUT2D eigenvalue weighted by Gasteiger charge is -2.16. The smallest absolute Gasteiger partial charge is 0.279 e. The Morgan fingerprint density at radius 2 is 2.29 bits per heavy atom. The molecule has 5 nitrogen and oxygen atoms in total. The van der Waals surface area contributed by atoms with Crippen molar-refractivity contribution in [3.05, 3.63) is 22.4 Å². The molecule has 7 heteroatoms. The third-order valence-corrected chi connectivity index (χ3v) is 4.83. The molecule has 0 radical (unpaired) electrons. The van der Waals surface area contributed by atoms with Crippen LogP contribution in [0.3, 0.4) is 0 Å². The van der Waals surface area contributed by atoms with Crippen molar-refractivity contribution in [1.29, 1.82) is 0 Å². The minimum atomic E-state index is -3.35. The van der Waals surface area contributed by atoms with Gasteiger partial charge in [0.2, 0.25) is 0 Å². The molecular weight excluding hydrogens is 258 g/mol. The Morgan fingerprint density at radius 1 is 1.53 bits per heavy atom. The molecule has 0 unspecified atom stereocenters. The van der Waals surface area contributed by atoms with Gasteiger partial charge in [-0.2, -0.15) is 12.7 Å². The summed E-state index contributed by atoms with van der Waals surface area (Å²) in [7, 11) is -1.79. The lowest BCUT2D eigenvalue weighted by molar-refractivity contribution is 0.453. The van der Waals surface area contributed by atoms with E-state index in [1.54, 1.807) is 18.4 Å². The van der Waals surface area contributed by atoms with E-state index in [9.17, 15) is 8.42 Å². The molecule has 17 heavy (non-hydrogen) atoms. The normalized spacial score (nSPS) is 12.2. The molecule has 0 saturated heterocycles. The van der Waals surface area contributed by atoms with E-state index in [1.165, 1.54) is 9.18 Å². The summed E-state index contributed by atoms with van der Waals surface area (Å²) in [6.07, 6.45) is 1.39. The zero-order valence-electron chi connectivity index (χ0n) is 9.93. The Morgan fingerprint density at radius 3 is 2.88 bits per heavy atom. The van der Waals surface area contributed by atoms with Crippen molar-refractivity contribution in [2.24, 2.45) is 5.73 Å². The SMILES string of the molecule is CN(CCCN)S(=O)(=O)NCCc1cccs1. The van der Waals surface area contributed by atoms with Crippen molar-refractivity contribution in [2.75, 3.05) is 26.7 Å². The second kappa shape index (κ2) is 7.07. The van der Waals surface area contributed by atoms with Crippen LogP contribution in [0, 0.1) is 0 Å². The van der Waals surface area contributed by atoms with E-state index in [-0.39, 0.29) is 0 Å². The Kier molecular flexibility index (Phi) is 6.07. The van der Waals surface area contributed by atoms with E-state index in [0.29, 0.717) is 26.1 Å². The third kappa shape index (κ3) is 5.13. The van der Waals surface area contributed by atoms with E-state index < -0.39 is 10.2 Å². The fraction of sp³-hybridized carbons (Fsp3) is 0.600. The highest BCUT2D eigenvalue weighted by Crippen LogP contribution is 2.08. The van der Waals surface area contributed by atoms with Crippen molar-refractivity contribution in [2.45, 2.75) is 12.8 Å². The lowest BCUT2D eigenvalue weighted by Crippen LogP contribution is -2.39. The Labute approximate surface area is 107 Å². The van der Waals surface area contributed by atoms with E-state index in [4.69, 9.17) is 5.73 Å². The maximum absolute atomic E-state index is 11.7. The van der Waals surface area contributed by atoms with Crippen LogP contribution in [0.5, 0.6) is 0 Å². The van der Waals surface area contributed by atoms with E-state index in [0.717, 1.165) is 6.42 Å². The first-order valence-corrected chi connectivity index (χ1v) is 7.81. The number of nitrogens with zero attached hydrogens (tertiary/aromatic N) is 1. The number of thiophene rings is 1. The minimum absolute atomic E-state index is 0.426. The first kappa shape index (κ1) is 14.6. The predicted octanol–water partition coefficient (Wildman–Crippen LogP) is 0.406. The van der Waals surface area contributed by atoms with Crippen molar-refractivity contribution in [1.82, 2.24) is 9.03 Å². The highest BCUT2D eigenvalue weighted by atomic mass is 32.2. The second-order valence-corrected chi connectivity index (χ2v) is 6.59. The minimum Gasteiger partial charge on any atom is -0.330 e. The lowest BCUT2D eigenvalue weighted by atomic mass is 10.3. The topological polar surface area (TPSA) is 75.4 Å². The number of nitrogens with one attached hydrogen (secondary N) is 1. The monoisotopic (exact) mass is 277 g/mol. The molecule has 0 spiro atoms. The molecular formula is C10H19N3O2S2. The van der Waals surface area contributed by atoms with Crippen LogP contribution in [0.2, 0.25) is 0 Å².